The minimum atomic E-state index is -0.307. The summed E-state index contributed by atoms with van der Waals surface area (Å²) in [5, 5.41) is 0. The molecule has 138 valence electrons. The Labute approximate surface area is 154 Å². The van der Waals surface area contributed by atoms with Crippen molar-refractivity contribution >= 4 is 5.97 Å². The lowest BCUT2D eigenvalue weighted by Gasteiger charge is -2.26. The van der Waals surface area contributed by atoms with Gasteiger partial charge in [0.25, 0.3) is 0 Å². The summed E-state index contributed by atoms with van der Waals surface area (Å²) in [4.78, 5) is 14.0. The first-order chi connectivity index (χ1) is 12.7. The summed E-state index contributed by atoms with van der Waals surface area (Å²) >= 11 is 0. The van der Waals surface area contributed by atoms with E-state index in [1.807, 2.05) is 36.4 Å². The molecule has 0 saturated carbocycles. The largest absolute Gasteiger partial charge is 0.497 e. The first-order valence-electron chi connectivity index (χ1n) is 8.79. The van der Waals surface area contributed by atoms with Crippen LogP contribution in [0.25, 0.3) is 0 Å². The predicted octanol–water partition coefficient (Wildman–Crippen LogP) is 3.83. The van der Waals surface area contributed by atoms with Gasteiger partial charge in [-0.3, -0.25) is 4.90 Å². The van der Waals surface area contributed by atoms with Crippen LogP contribution in [-0.4, -0.2) is 38.7 Å². The second-order valence-electron chi connectivity index (χ2n) is 6.42. The van der Waals surface area contributed by atoms with Crippen LogP contribution >= 0.6 is 0 Å². The molecule has 0 spiro atoms. The van der Waals surface area contributed by atoms with E-state index in [9.17, 15) is 4.79 Å². The van der Waals surface area contributed by atoms with Crippen LogP contribution < -0.4 is 9.47 Å². The van der Waals surface area contributed by atoms with Crippen molar-refractivity contribution in [3.05, 3.63) is 59.2 Å². The lowest BCUT2D eigenvalue weighted by molar-refractivity contribution is 0.0600. The highest BCUT2D eigenvalue weighted by Crippen LogP contribution is 2.39. The molecular formula is C21H25NO4. The summed E-state index contributed by atoms with van der Waals surface area (Å²) in [7, 11) is 4.75. The minimum Gasteiger partial charge on any atom is -0.497 e. The van der Waals surface area contributed by atoms with Crippen LogP contribution in [0.1, 0.15) is 40.4 Å². The lowest BCUT2D eigenvalue weighted by atomic mass is 10.0. The van der Waals surface area contributed by atoms with Gasteiger partial charge in [0.05, 0.1) is 26.9 Å². The van der Waals surface area contributed by atoms with Gasteiger partial charge in [-0.05, 0) is 43.1 Å². The Hall–Kier alpha value is -2.53. The first kappa shape index (κ1) is 18.3. The molecule has 1 aliphatic rings. The van der Waals surface area contributed by atoms with E-state index >= 15 is 0 Å². The smallest absolute Gasteiger partial charge is 0.337 e. The van der Waals surface area contributed by atoms with Crippen LogP contribution in [0.3, 0.4) is 0 Å². The topological polar surface area (TPSA) is 48.0 Å². The fourth-order valence-corrected chi connectivity index (χ4v) is 3.56. The summed E-state index contributed by atoms with van der Waals surface area (Å²) in [5.41, 5.74) is 2.94. The van der Waals surface area contributed by atoms with Gasteiger partial charge in [-0.25, -0.2) is 4.79 Å². The maximum Gasteiger partial charge on any atom is 0.337 e. The van der Waals surface area contributed by atoms with Crippen LogP contribution in [0, 0.1) is 0 Å². The van der Waals surface area contributed by atoms with E-state index in [0.717, 1.165) is 37.4 Å². The second-order valence-corrected chi connectivity index (χ2v) is 6.42. The molecule has 2 aromatic rings. The highest BCUT2D eigenvalue weighted by atomic mass is 16.5. The van der Waals surface area contributed by atoms with Crippen molar-refractivity contribution < 1.29 is 19.0 Å². The van der Waals surface area contributed by atoms with Gasteiger partial charge < -0.3 is 14.2 Å². The summed E-state index contributed by atoms with van der Waals surface area (Å²) in [6, 6.07) is 14.0. The molecule has 0 N–H and O–H groups in total. The van der Waals surface area contributed by atoms with E-state index < -0.39 is 0 Å². The number of benzene rings is 2. The number of rotatable bonds is 6. The molecule has 1 heterocycles. The highest BCUT2D eigenvalue weighted by Gasteiger charge is 2.28. The Morgan fingerprint density at radius 1 is 1.08 bits per heavy atom. The van der Waals surface area contributed by atoms with Gasteiger partial charge >= 0.3 is 5.97 Å². The highest BCUT2D eigenvalue weighted by molar-refractivity contribution is 5.89. The van der Waals surface area contributed by atoms with Crippen LogP contribution in [0.2, 0.25) is 0 Å². The number of ether oxygens (including phenoxy) is 3. The Bertz CT molecular complexity index is 757. The molecule has 5 nitrogen and oxygen atoms in total. The first-order valence-corrected chi connectivity index (χ1v) is 8.79. The molecule has 0 radical (unpaired) electrons. The Morgan fingerprint density at radius 3 is 2.50 bits per heavy atom. The van der Waals surface area contributed by atoms with Gasteiger partial charge in [-0.1, -0.05) is 18.2 Å². The molecule has 1 saturated heterocycles. The van der Waals surface area contributed by atoms with E-state index in [-0.39, 0.29) is 5.97 Å². The zero-order valence-electron chi connectivity index (χ0n) is 15.5. The quantitative estimate of drug-likeness (QED) is 0.737. The average molecular weight is 355 g/mol. The number of carbonyl (C=O) groups is 1. The normalized spacial score (nSPS) is 17.1. The maximum atomic E-state index is 11.6. The van der Waals surface area contributed by atoms with E-state index in [2.05, 4.69) is 11.0 Å². The van der Waals surface area contributed by atoms with Gasteiger partial charge in [-0.2, -0.15) is 0 Å². The fourth-order valence-electron chi connectivity index (χ4n) is 3.56. The summed E-state index contributed by atoms with van der Waals surface area (Å²) in [6.07, 6.45) is 2.25. The van der Waals surface area contributed by atoms with Crippen molar-refractivity contribution in [2.24, 2.45) is 0 Å². The zero-order chi connectivity index (χ0) is 18.5. The van der Waals surface area contributed by atoms with Crippen molar-refractivity contribution in [3.8, 4) is 11.5 Å². The molecule has 0 bridgehead atoms. The Kier molecular flexibility index (Phi) is 5.78. The molecule has 3 rings (SSSR count). The van der Waals surface area contributed by atoms with Crippen LogP contribution in [-0.2, 0) is 11.3 Å². The molecule has 2 aromatic carbocycles. The Morgan fingerprint density at radius 2 is 1.85 bits per heavy atom. The Balaban J connectivity index is 1.77. The number of esters is 1. The van der Waals surface area contributed by atoms with Gasteiger partial charge in [0.2, 0.25) is 0 Å². The molecule has 1 aliphatic heterocycles. The van der Waals surface area contributed by atoms with E-state index in [1.165, 1.54) is 18.2 Å². The third-order valence-corrected chi connectivity index (χ3v) is 4.92. The van der Waals surface area contributed by atoms with Crippen molar-refractivity contribution in [1.29, 1.82) is 0 Å². The monoisotopic (exact) mass is 355 g/mol. The third kappa shape index (κ3) is 3.83. The fraction of sp³-hybridized carbons (Fsp3) is 0.381. The molecule has 26 heavy (non-hydrogen) atoms. The average Bonchev–Trinajstić information content (AvgIpc) is 3.15. The standard InChI is InChI=1S/C21H25NO4/c1-24-17-10-11-18(20(13-17)25-2)19-5-4-12-22(19)14-15-6-8-16(9-7-15)21(23)26-3/h6-11,13,19H,4-5,12,14H2,1-3H3. The van der Waals surface area contributed by atoms with Crippen LogP contribution in [0.5, 0.6) is 11.5 Å². The van der Waals surface area contributed by atoms with Gasteiger partial charge in [0, 0.05) is 24.2 Å². The summed E-state index contributed by atoms with van der Waals surface area (Å²) in [6.45, 7) is 1.87. The molecular weight excluding hydrogens is 330 g/mol. The second kappa shape index (κ2) is 8.23. The number of hydrogen-bond donors (Lipinski definition) is 0. The molecule has 1 fully saturated rings. The molecule has 5 heteroatoms. The minimum absolute atomic E-state index is 0.307. The number of likely N-dealkylation sites (tertiary alicyclic amines) is 1. The van der Waals surface area contributed by atoms with Gasteiger partial charge in [0.15, 0.2) is 0 Å². The number of methoxy groups -OCH3 is 3. The number of hydrogen-bond acceptors (Lipinski definition) is 5. The molecule has 0 amide bonds. The van der Waals surface area contributed by atoms with Crippen LogP contribution in [0.15, 0.2) is 42.5 Å². The number of nitrogens with zero attached hydrogens (tertiary/aromatic N) is 1. The molecule has 1 atom stereocenters. The van der Waals surface area contributed by atoms with E-state index in [4.69, 9.17) is 14.2 Å². The van der Waals surface area contributed by atoms with Crippen molar-refractivity contribution in [3.63, 3.8) is 0 Å². The van der Waals surface area contributed by atoms with Gasteiger partial charge in [-0.15, -0.1) is 0 Å². The predicted molar refractivity (Wildman–Crippen MR) is 99.7 cm³/mol. The van der Waals surface area contributed by atoms with E-state index in [0.29, 0.717) is 11.6 Å². The molecule has 0 aromatic heterocycles. The van der Waals surface area contributed by atoms with Crippen LogP contribution in [0.4, 0.5) is 0 Å². The zero-order valence-corrected chi connectivity index (χ0v) is 15.5. The summed E-state index contributed by atoms with van der Waals surface area (Å²) < 4.78 is 15.7. The maximum absolute atomic E-state index is 11.6. The van der Waals surface area contributed by atoms with Crippen molar-refractivity contribution in [2.45, 2.75) is 25.4 Å². The van der Waals surface area contributed by atoms with E-state index in [1.54, 1.807) is 14.2 Å². The van der Waals surface area contributed by atoms with Gasteiger partial charge in [0.1, 0.15) is 11.5 Å². The third-order valence-electron chi connectivity index (χ3n) is 4.92. The lowest BCUT2D eigenvalue weighted by Crippen LogP contribution is -2.23. The molecule has 0 aliphatic carbocycles. The SMILES string of the molecule is COC(=O)c1ccc(CN2CCCC2c2ccc(OC)cc2OC)cc1. The van der Waals surface area contributed by atoms with Crippen molar-refractivity contribution in [1.82, 2.24) is 4.90 Å². The summed E-state index contributed by atoms with van der Waals surface area (Å²) in [5.74, 6) is 1.36. The molecule has 1 unspecified atom stereocenters. The van der Waals surface area contributed by atoms with Crippen molar-refractivity contribution in [2.75, 3.05) is 27.9 Å². The number of carbonyl (C=O) groups excluding carboxylic acids is 1.